The fourth-order valence-corrected chi connectivity index (χ4v) is 1.39. The molecule has 2 N–H and O–H groups in total. The number of aliphatic carboxylic acids is 1. The number of urea groups is 1. The summed E-state index contributed by atoms with van der Waals surface area (Å²) in [6, 6.07) is -0.419. The Balaban J connectivity index is 4.23. The Kier molecular flexibility index (Phi) is 7.61. The second kappa shape index (κ2) is 8.45. The molecule has 0 unspecified atom stereocenters. The number of nitrogens with zero attached hydrogens (tertiary/aromatic N) is 1. The highest BCUT2D eigenvalue weighted by molar-refractivity contribution is 5.80. The lowest BCUT2D eigenvalue weighted by atomic mass is 10.0. The maximum Gasteiger partial charge on any atom is 0.323 e. The molecule has 0 aliphatic carbocycles. The van der Waals surface area contributed by atoms with Crippen LogP contribution in [0.2, 0.25) is 0 Å². The number of carboxylic acids is 1. The minimum atomic E-state index is -1.07. The van der Waals surface area contributed by atoms with E-state index in [9.17, 15) is 9.59 Å². The van der Waals surface area contributed by atoms with Crippen molar-refractivity contribution in [1.82, 2.24) is 10.2 Å². The van der Waals surface area contributed by atoms with Crippen LogP contribution in [-0.2, 0) is 4.79 Å². The zero-order valence-corrected chi connectivity index (χ0v) is 10.4. The van der Waals surface area contributed by atoms with Crippen LogP contribution in [0.3, 0.4) is 0 Å². The minimum absolute atomic E-state index is 0.00104. The van der Waals surface area contributed by atoms with E-state index in [1.54, 1.807) is 0 Å². The lowest BCUT2D eigenvalue weighted by Crippen LogP contribution is -2.44. The molecule has 0 saturated heterocycles. The summed E-state index contributed by atoms with van der Waals surface area (Å²) in [5.74, 6) is 1.61. The van der Waals surface area contributed by atoms with Gasteiger partial charge in [-0.3, -0.25) is 4.79 Å². The summed E-state index contributed by atoms with van der Waals surface area (Å²) in [4.78, 5) is 23.3. The van der Waals surface area contributed by atoms with Gasteiger partial charge in [0.05, 0.1) is 6.54 Å². The number of rotatable bonds is 7. The summed E-state index contributed by atoms with van der Waals surface area (Å²) >= 11 is 0. The van der Waals surface area contributed by atoms with Crippen molar-refractivity contribution >= 4 is 12.0 Å². The van der Waals surface area contributed by atoms with Gasteiger partial charge in [0, 0.05) is 6.54 Å². The molecule has 17 heavy (non-hydrogen) atoms. The van der Waals surface area contributed by atoms with Gasteiger partial charge in [0.25, 0.3) is 0 Å². The van der Waals surface area contributed by atoms with Crippen molar-refractivity contribution in [1.29, 1.82) is 0 Å². The van der Waals surface area contributed by atoms with Crippen molar-refractivity contribution in [3.05, 3.63) is 0 Å². The highest BCUT2D eigenvalue weighted by atomic mass is 16.4. The summed E-state index contributed by atoms with van der Waals surface area (Å²) < 4.78 is 0. The molecule has 0 bridgehead atoms. The number of nitrogens with one attached hydrogen (secondary N) is 1. The average molecular weight is 240 g/mol. The second-order valence-electron chi connectivity index (χ2n) is 3.82. The van der Waals surface area contributed by atoms with Crippen molar-refractivity contribution < 1.29 is 14.7 Å². The molecule has 0 saturated carbocycles. The first-order valence-corrected chi connectivity index (χ1v) is 5.73. The standard InChI is InChI=1S/C12H20N2O3/c1-4-7-14(9-11(15)16)12(17)13-8-10(5-2)6-3/h1,10H,5-9H2,2-3H3,(H,13,17)(H,15,16). The third kappa shape index (κ3) is 6.46. The van der Waals surface area contributed by atoms with E-state index in [0.717, 1.165) is 17.7 Å². The summed E-state index contributed by atoms with van der Waals surface area (Å²) in [6.07, 6.45) is 7.04. The quantitative estimate of drug-likeness (QED) is 0.656. The molecule has 5 nitrogen and oxygen atoms in total. The fraction of sp³-hybridized carbons (Fsp3) is 0.667. The van der Waals surface area contributed by atoms with Gasteiger partial charge < -0.3 is 15.3 Å². The third-order valence-corrected chi connectivity index (χ3v) is 2.59. The Morgan fingerprint density at radius 3 is 2.41 bits per heavy atom. The molecule has 2 amide bonds. The topological polar surface area (TPSA) is 69.6 Å². The fourth-order valence-electron chi connectivity index (χ4n) is 1.39. The molecule has 0 aliphatic rings. The van der Waals surface area contributed by atoms with E-state index in [4.69, 9.17) is 11.5 Å². The highest BCUT2D eigenvalue weighted by Crippen LogP contribution is 2.05. The molecule has 0 radical (unpaired) electrons. The van der Waals surface area contributed by atoms with Crippen LogP contribution >= 0.6 is 0 Å². The van der Waals surface area contributed by atoms with Crippen molar-refractivity contribution in [3.8, 4) is 12.3 Å². The smallest absolute Gasteiger partial charge is 0.323 e. The molecule has 0 spiro atoms. The average Bonchev–Trinajstić information content (AvgIpc) is 2.29. The van der Waals surface area contributed by atoms with Crippen LogP contribution in [0, 0.1) is 18.3 Å². The summed E-state index contributed by atoms with van der Waals surface area (Å²) in [6.45, 7) is 4.28. The first-order chi connectivity index (χ1) is 8.04. The Bertz CT molecular complexity index is 293. The number of carboxylic acid groups (broad SMARTS) is 1. The molecular formula is C12H20N2O3. The van der Waals surface area contributed by atoms with Crippen molar-refractivity contribution in [2.45, 2.75) is 26.7 Å². The SMILES string of the molecule is C#CCN(CC(=O)O)C(=O)NCC(CC)CC. The largest absolute Gasteiger partial charge is 0.480 e. The number of terminal acetylenes is 1. The minimum Gasteiger partial charge on any atom is -0.480 e. The van der Waals surface area contributed by atoms with E-state index in [0.29, 0.717) is 12.5 Å². The van der Waals surface area contributed by atoms with Gasteiger partial charge in [-0.15, -0.1) is 6.42 Å². The molecule has 0 aromatic carbocycles. The van der Waals surface area contributed by atoms with Crippen LogP contribution in [0.25, 0.3) is 0 Å². The van der Waals surface area contributed by atoms with Crippen LogP contribution in [0.4, 0.5) is 4.79 Å². The van der Waals surface area contributed by atoms with Gasteiger partial charge in [0.2, 0.25) is 0 Å². The van der Waals surface area contributed by atoms with Crippen LogP contribution in [0.5, 0.6) is 0 Å². The van der Waals surface area contributed by atoms with Gasteiger partial charge in [0.15, 0.2) is 0 Å². The molecule has 0 fully saturated rings. The zero-order chi connectivity index (χ0) is 13.3. The van der Waals surface area contributed by atoms with Gasteiger partial charge in [-0.05, 0) is 5.92 Å². The number of hydrogen-bond donors (Lipinski definition) is 2. The predicted octanol–water partition coefficient (Wildman–Crippen LogP) is 1.15. The van der Waals surface area contributed by atoms with Crippen LogP contribution in [0.15, 0.2) is 0 Å². The van der Waals surface area contributed by atoms with E-state index < -0.39 is 12.0 Å². The van der Waals surface area contributed by atoms with E-state index in [1.165, 1.54) is 0 Å². The number of carbonyl (C=O) groups is 2. The van der Waals surface area contributed by atoms with Gasteiger partial charge >= 0.3 is 12.0 Å². The molecule has 0 heterocycles. The van der Waals surface area contributed by atoms with Crippen LogP contribution in [-0.4, -0.2) is 41.6 Å². The van der Waals surface area contributed by atoms with Crippen molar-refractivity contribution in [2.24, 2.45) is 5.92 Å². The van der Waals surface area contributed by atoms with Crippen molar-refractivity contribution in [2.75, 3.05) is 19.6 Å². The molecule has 5 heteroatoms. The normalized spacial score (nSPS) is 9.76. The Morgan fingerprint density at radius 1 is 1.41 bits per heavy atom. The van der Waals surface area contributed by atoms with E-state index >= 15 is 0 Å². The number of carbonyl (C=O) groups excluding carboxylic acids is 1. The maximum atomic E-state index is 11.7. The Labute approximate surface area is 102 Å². The molecule has 96 valence electrons. The maximum absolute atomic E-state index is 11.7. The first-order valence-electron chi connectivity index (χ1n) is 5.73. The predicted molar refractivity (Wildman–Crippen MR) is 65.5 cm³/mol. The second-order valence-corrected chi connectivity index (χ2v) is 3.82. The lowest BCUT2D eigenvalue weighted by Gasteiger charge is -2.20. The Morgan fingerprint density at radius 2 is 2.00 bits per heavy atom. The van der Waals surface area contributed by atoms with Crippen LogP contribution < -0.4 is 5.32 Å². The van der Waals surface area contributed by atoms with Gasteiger partial charge in [-0.2, -0.15) is 0 Å². The summed E-state index contributed by atoms with van der Waals surface area (Å²) in [5, 5.41) is 11.3. The van der Waals surface area contributed by atoms with Gasteiger partial charge in [-0.25, -0.2) is 4.79 Å². The zero-order valence-electron chi connectivity index (χ0n) is 10.4. The van der Waals surface area contributed by atoms with E-state index in [1.807, 2.05) is 0 Å². The van der Waals surface area contributed by atoms with E-state index in [2.05, 4.69) is 25.1 Å². The number of amides is 2. The monoisotopic (exact) mass is 240 g/mol. The molecule has 0 aromatic rings. The molecule has 0 rings (SSSR count). The number of hydrogen-bond acceptors (Lipinski definition) is 2. The first kappa shape index (κ1) is 15.3. The summed E-state index contributed by atoms with van der Waals surface area (Å²) in [5.41, 5.74) is 0. The molecular weight excluding hydrogens is 220 g/mol. The highest BCUT2D eigenvalue weighted by Gasteiger charge is 2.16. The third-order valence-electron chi connectivity index (χ3n) is 2.59. The molecule has 0 aromatic heterocycles. The van der Waals surface area contributed by atoms with Crippen molar-refractivity contribution in [3.63, 3.8) is 0 Å². The van der Waals surface area contributed by atoms with E-state index in [-0.39, 0.29) is 13.1 Å². The van der Waals surface area contributed by atoms with Gasteiger partial charge in [-0.1, -0.05) is 32.6 Å². The van der Waals surface area contributed by atoms with Gasteiger partial charge in [0.1, 0.15) is 6.54 Å². The molecule has 0 atom stereocenters. The molecule has 0 aliphatic heterocycles. The Hall–Kier alpha value is -1.70. The van der Waals surface area contributed by atoms with Crippen LogP contribution in [0.1, 0.15) is 26.7 Å². The summed E-state index contributed by atoms with van der Waals surface area (Å²) in [7, 11) is 0. The lowest BCUT2D eigenvalue weighted by molar-refractivity contribution is -0.137.